The van der Waals surface area contributed by atoms with Gasteiger partial charge in [0.15, 0.2) is 5.11 Å². The Hall–Kier alpha value is -3.15. The molecule has 0 aliphatic carbocycles. The lowest BCUT2D eigenvalue weighted by Crippen LogP contribution is -2.37. The summed E-state index contributed by atoms with van der Waals surface area (Å²) < 4.78 is 27.1. The number of rotatable bonds is 6. The zero-order valence-electron chi connectivity index (χ0n) is 17.9. The molecule has 1 fully saturated rings. The van der Waals surface area contributed by atoms with Crippen molar-refractivity contribution in [2.75, 3.05) is 18.4 Å². The first-order valence-electron chi connectivity index (χ1n) is 10.3. The fraction of sp³-hybridized carbons (Fsp3) is 0.273. The molecule has 9 nitrogen and oxygen atoms in total. The highest BCUT2D eigenvalue weighted by molar-refractivity contribution is 7.89. The van der Waals surface area contributed by atoms with Crippen molar-refractivity contribution < 1.29 is 18.1 Å². The number of nitro benzene ring substituents is 1. The summed E-state index contributed by atoms with van der Waals surface area (Å²) in [6.07, 6.45) is 4.46. The number of sulfonamides is 1. The summed E-state index contributed by atoms with van der Waals surface area (Å²) in [6.45, 7) is 3.16. The van der Waals surface area contributed by atoms with Gasteiger partial charge in [-0.2, -0.15) is 4.31 Å². The van der Waals surface area contributed by atoms with Crippen LogP contribution in [0.4, 0.5) is 11.4 Å². The fourth-order valence-corrected chi connectivity index (χ4v) is 4.97. The Morgan fingerprint density at radius 1 is 1.12 bits per heavy atom. The SMILES string of the molecule is CC1CCN(S(=O)(=O)c2ccc(NC(=S)NC(=O)/C=C/c3ccc([N+](=O)[O-])cc3)cc2)CC1. The highest BCUT2D eigenvalue weighted by Gasteiger charge is 2.27. The third kappa shape index (κ3) is 6.67. The van der Waals surface area contributed by atoms with Gasteiger partial charge in [0.2, 0.25) is 15.9 Å². The van der Waals surface area contributed by atoms with E-state index in [0.29, 0.717) is 30.3 Å². The molecule has 174 valence electrons. The van der Waals surface area contributed by atoms with Crippen molar-refractivity contribution in [1.82, 2.24) is 9.62 Å². The van der Waals surface area contributed by atoms with Crippen molar-refractivity contribution in [3.63, 3.8) is 0 Å². The topological polar surface area (TPSA) is 122 Å². The number of anilines is 1. The predicted octanol–water partition coefficient (Wildman–Crippen LogP) is 3.54. The lowest BCUT2D eigenvalue weighted by atomic mass is 10.0. The number of non-ortho nitro benzene ring substituents is 1. The first-order valence-corrected chi connectivity index (χ1v) is 12.1. The molecule has 0 atom stereocenters. The Kier molecular flexibility index (Phi) is 7.90. The number of carbonyl (C=O) groups excluding carboxylic acids is 1. The van der Waals surface area contributed by atoms with Gasteiger partial charge in [-0.05, 0) is 79.0 Å². The maximum absolute atomic E-state index is 12.8. The van der Waals surface area contributed by atoms with E-state index in [0.717, 1.165) is 12.8 Å². The van der Waals surface area contributed by atoms with Crippen molar-refractivity contribution in [3.8, 4) is 0 Å². The summed E-state index contributed by atoms with van der Waals surface area (Å²) in [5.74, 6) is 0.0487. The van der Waals surface area contributed by atoms with Gasteiger partial charge in [0.05, 0.1) is 9.82 Å². The Bertz CT molecular complexity index is 1150. The van der Waals surface area contributed by atoms with Crippen LogP contribution in [0.1, 0.15) is 25.3 Å². The number of nitrogens with one attached hydrogen (secondary N) is 2. The zero-order chi connectivity index (χ0) is 24.0. The largest absolute Gasteiger partial charge is 0.332 e. The Balaban J connectivity index is 1.53. The molecule has 33 heavy (non-hydrogen) atoms. The quantitative estimate of drug-likeness (QED) is 0.276. The number of nitro groups is 1. The third-order valence-electron chi connectivity index (χ3n) is 5.26. The number of carbonyl (C=O) groups is 1. The number of amides is 1. The van der Waals surface area contributed by atoms with Gasteiger partial charge in [-0.25, -0.2) is 8.42 Å². The zero-order valence-corrected chi connectivity index (χ0v) is 19.6. The van der Waals surface area contributed by atoms with E-state index >= 15 is 0 Å². The minimum absolute atomic E-state index is 0.0358. The average molecular weight is 489 g/mol. The van der Waals surface area contributed by atoms with Crippen LogP contribution in [0.3, 0.4) is 0 Å². The summed E-state index contributed by atoms with van der Waals surface area (Å²) in [4.78, 5) is 22.4. The summed E-state index contributed by atoms with van der Waals surface area (Å²) in [7, 11) is -3.53. The van der Waals surface area contributed by atoms with Gasteiger partial charge in [-0.15, -0.1) is 0 Å². The molecule has 1 amide bonds. The molecule has 2 N–H and O–H groups in total. The van der Waals surface area contributed by atoms with E-state index in [1.54, 1.807) is 12.1 Å². The molecule has 0 bridgehead atoms. The minimum Gasteiger partial charge on any atom is -0.332 e. The molecule has 2 aromatic carbocycles. The standard InChI is InChI=1S/C22H24N4O5S2/c1-16-12-14-25(15-13-16)33(30,31)20-9-5-18(6-10-20)23-22(32)24-21(27)11-4-17-2-7-19(8-3-17)26(28)29/h2-11,16H,12-15H2,1H3,(H2,23,24,27,32)/b11-4+. The molecule has 11 heteroatoms. The number of hydrogen-bond donors (Lipinski definition) is 2. The first kappa shape index (κ1) is 24.5. The van der Waals surface area contributed by atoms with Gasteiger partial charge >= 0.3 is 0 Å². The molecular weight excluding hydrogens is 464 g/mol. The highest BCUT2D eigenvalue weighted by atomic mass is 32.2. The van der Waals surface area contributed by atoms with Gasteiger partial charge in [0.25, 0.3) is 5.69 Å². The van der Waals surface area contributed by atoms with Crippen LogP contribution in [0.2, 0.25) is 0 Å². The van der Waals surface area contributed by atoms with Crippen molar-refractivity contribution in [1.29, 1.82) is 0 Å². The Labute approximate surface area is 197 Å². The number of nitrogens with zero attached hydrogens (tertiary/aromatic N) is 2. The van der Waals surface area contributed by atoms with Crippen LogP contribution in [-0.4, -0.2) is 41.8 Å². The van der Waals surface area contributed by atoms with Gasteiger partial charge in [0.1, 0.15) is 0 Å². The van der Waals surface area contributed by atoms with Crippen molar-refractivity contribution in [2.24, 2.45) is 5.92 Å². The van der Waals surface area contributed by atoms with E-state index in [-0.39, 0.29) is 15.7 Å². The van der Waals surface area contributed by atoms with Crippen LogP contribution in [0.25, 0.3) is 6.08 Å². The predicted molar refractivity (Wildman–Crippen MR) is 130 cm³/mol. The molecule has 0 saturated carbocycles. The molecule has 1 heterocycles. The van der Waals surface area contributed by atoms with Crippen LogP contribution in [-0.2, 0) is 14.8 Å². The van der Waals surface area contributed by atoms with Crippen LogP contribution < -0.4 is 10.6 Å². The highest BCUT2D eigenvalue weighted by Crippen LogP contribution is 2.24. The number of hydrogen-bond acceptors (Lipinski definition) is 6. The average Bonchev–Trinajstić information content (AvgIpc) is 2.78. The minimum atomic E-state index is -3.53. The molecule has 0 aromatic heterocycles. The molecule has 0 unspecified atom stereocenters. The van der Waals surface area contributed by atoms with Crippen LogP contribution in [0.5, 0.6) is 0 Å². The van der Waals surface area contributed by atoms with Crippen molar-refractivity contribution in [2.45, 2.75) is 24.7 Å². The molecule has 0 spiro atoms. The molecular formula is C22H24N4O5S2. The summed E-state index contributed by atoms with van der Waals surface area (Å²) >= 11 is 5.13. The van der Waals surface area contributed by atoms with Crippen molar-refractivity contribution in [3.05, 3.63) is 70.3 Å². The Morgan fingerprint density at radius 2 is 1.73 bits per heavy atom. The van der Waals surface area contributed by atoms with E-state index < -0.39 is 20.9 Å². The number of thiocarbonyl (C=S) groups is 1. The molecule has 1 aliphatic rings. The molecule has 1 aliphatic heterocycles. The van der Waals surface area contributed by atoms with E-state index in [1.165, 1.54) is 52.9 Å². The molecule has 0 radical (unpaired) electrons. The summed E-state index contributed by atoms with van der Waals surface area (Å²) in [6, 6.07) is 11.9. The second-order valence-electron chi connectivity index (χ2n) is 7.74. The molecule has 1 saturated heterocycles. The number of piperidine rings is 1. The van der Waals surface area contributed by atoms with E-state index in [1.807, 2.05) is 0 Å². The molecule has 3 rings (SSSR count). The smallest absolute Gasteiger partial charge is 0.269 e. The first-order chi connectivity index (χ1) is 15.6. The van der Waals surface area contributed by atoms with Crippen LogP contribution >= 0.6 is 12.2 Å². The van der Waals surface area contributed by atoms with E-state index in [4.69, 9.17) is 12.2 Å². The van der Waals surface area contributed by atoms with Crippen LogP contribution in [0, 0.1) is 16.0 Å². The van der Waals surface area contributed by atoms with E-state index in [2.05, 4.69) is 17.6 Å². The van der Waals surface area contributed by atoms with Gasteiger partial charge < -0.3 is 5.32 Å². The maximum Gasteiger partial charge on any atom is 0.269 e. The number of benzene rings is 2. The van der Waals surface area contributed by atoms with Gasteiger partial charge in [-0.1, -0.05) is 6.92 Å². The summed E-state index contributed by atoms with van der Waals surface area (Å²) in [5.41, 5.74) is 1.12. The van der Waals surface area contributed by atoms with Gasteiger partial charge in [0, 0.05) is 37.0 Å². The lowest BCUT2D eigenvalue weighted by molar-refractivity contribution is -0.384. The van der Waals surface area contributed by atoms with Crippen molar-refractivity contribution >= 4 is 50.7 Å². The lowest BCUT2D eigenvalue weighted by Gasteiger charge is -2.29. The second-order valence-corrected chi connectivity index (χ2v) is 10.1. The second kappa shape index (κ2) is 10.6. The normalized spacial score (nSPS) is 15.3. The maximum atomic E-state index is 12.8. The monoisotopic (exact) mass is 488 g/mol. The third-order valence-corrected chi connectivity index (χ3v) is 7.38. The van der Waals surface area contributed by atoms with E-state index in [9.17, 15) is 23.3 Å². The summed E-state index contributed by atoms with van der Waals surface area (Å²) in [5, 5.41) is 16.0. The van der Waals surface area contributed by atoms with Gasteiger partial charge in [-0.3, -0.25) is 20.2 Å². The van der Waals surface area contributed by atoms with Crippen LogP contribution in [0.15, 0.2) is 59.5 Å². The Morgan fingerprint density at radius 3 is 2.30 bits per heavy atom. The fourth-order valence-electron chi connectivity index (χ4n) is 3.28. The molecule has 2 aromatic rings.